The van der Waals surface area contributed by atoms with Crippen LogP contribution in [-0.4, -0.2) is 17.2 Å². The van der Waals surface area contributed by atoms with Gasteiger partial charge in [-0.25, -0.2) is 5.43 Å². The maximum Gasteiger partial charge on any atom is 0.272 e. The van der Waals surface area contributed by atoms with Crippen molar-refractivity contribution in [3.63, 3.8) is 0 Å². The number of benzene rings is 2. The van der Waals surface area contributed by atoms with Crippen LogP contribution in [0, 0.1) is 0 Å². The molecule has 0 radical (unpaired) electrons. The van der Waals surface area contributed by atoms with E-state index in [0.717, 1.165) is 0 Å². The van der Waals surface area contributed by atoms with E-state index in [9.17, 15) is 9.90 Å². The van der Waals surface area contributed by atoms with Gasteiger partial charge in [0.25, 0.3) is 5.91 Å². The van der Waals surface area contributed by atoms with E-state index < -0.39 is 0 Å². The van der Waals surface area contributed by atoms with E-state index in [1.807, 2.05) is 6.07 Å². The fourth-order valence-corrected chi connectivity index (χ4v) is 1.93. The van der Waals surface area contributed by atoms with Crippen LogP contribution in [0.1, 0.15) is 15.9 Å². The molecule has 0 aliphatic rings. The molecule has 0 heterocycles. The molecule has 0 aliphatic carbocycles. The average Bonchev–Trinajstić information content (AvgIpc) is 2.41. The normalized spacial score (nSPS) is 10.6. The van der Waals surface area contributed by atoms with Gasteiger partial charge in [0.05, 0.1) is 11.8 Å². The molecule has 0 aliphatic heterocycles. The minimum atomic E-state index is -0.320. The van der Waals surface area contributed by atoms with Gasteiger partial charge in [0.15, 0.2) is 0 Å². The van der Waals surface area contributed by atoms with E-state index in [1.54, 1.807) is 42.5 Å². The van der Waals surface area contributed by atoms with Gasteiger partial charge in [-0.1, -0.05) is 24.3 Å². The number of para-hydroxylation sites is 1. The van der Waals surface area contributed by atoms with Crippen LogP contribution in [0.3, 0.4) is 0 Å². The Morgan fingerprint density at radius 1 is 1.16 bits per heavy atom. The third-order valence-electron chi connectivity index (χ3n) is 2.42. The number of nitrogens with zero attached hydrogens (tertiary/aromatic N) is 1. The Morgan fingerprint density at radius 3 is 2.58 bits per heavy atom. The first-order valence-electron chi connectivity index (χ1n) is 5.54. The van der Waals surface area contributed by atoms with Gasteiger partial charge in [-0.3, -0.25) is 4.79 Å². The Balaban J connectivity index is 2.06. The van der Waals surface area contributed by atoms with Crippen molar-refractivity contribution in [1.82, 2.24) is 5.43 Å². The minimum absolute atomic E-state index is 0.112. The number of halogens is 1. The van der Waals surface area contributed by atoms with Crippen molar-refractivity contribution in [2.24, 2.45) is 5.10 Å². The number of hydrazone groups is 1. The van der Waals surface area contributed by atoms with Gasteiger partial charge < -0.3 is 5.11 Å². The van der Waals surface area contributed by atoms with Gasteiger partial charge in [0.1, 0.15) is 5.75 Å². The molecule has 0 atom stereocenters. The van der Waals surface area contributed by atoms with E-state index in [-0.39, 0.29) is 11.7 Å². The molecule has 96 valence electrons. The van der Waals surface area contributed by atoms with Crippen molar-refractivity contribution < 1.29 is 9.90 Å². The smallest absolute Gasteiger partial charge is 0.272 e. The monoisotopic (exact) mass is 318 g/mol. The van der Waals surface area contributed by atoms with Crippen LogP contribution in [0.25, 0.3) is 0 Å². The summed E-state index contributed by atoms with van der Waals surface area (Å²) in [5.74, 6) is -0.208. The molecule has 2 rings (SSSR count). The van der Waals surface area contributed by atoms with Crippen molar-refractivity contribution >= 4 is 28.1 Å². The lowest BCUT2D eigenvalue weighted by Gasteiger charge is -2.02. The van der Waals surface area contributed by atoms with Crippen molar-refractivity contribution in [1.29, 1.82) is 0 Å². The number of carbonyl (C=O) groups excluding carboxylic acids is 1. The summed E-state index contributed by atoms with van der Waals surface area (Å²) in [6.45, 7) is 0. The lowest BCUT2D eigenvalue weighted by molar-refractivity contribution is 0.0954. The molecule has 5 heteroatoms. The molecule has 2 aromatic rings. The molecule has 1 amide bonds. The molecule has 0 unspecified atom stereocenters. The maximum atomic E-state index is 11.8. The van der Waals surface area contributed by atoms with Gasteiger partial charge in [-0.05, 0) is 40.2 Å². The zero-order valence-electron chi connectivity index (χ0n) is 9.88. The molecule has 0 saturated heterocycles. The quantitative estimate of drug-likeness (QED) is 0.675. The Kier molecular flexibility index (Phi) is 4.30. The predicted molar refractivity (Wildman–Crippen MR) is 77.3 cm³/mol. The summed E-state index contributed by atoms with van der Waals surface area (Å²) in [6.07, 6.45) is 1.39. The first-order valence-corrected chi connectivity index (χ1v) is 6.33. The van der Waals surface area contributed by atoms with E-state index in [1.165, 1.54) is 6.21 Å². The largest absolute Gasteiger partial charge is 0.507 e. The Hall–Kier alpha value is -2.14. The van der Waals surface area contributed by atoms with E-state index in [2.05, 4.69) is 26.5 Å². The zero-order valence-corrected chi connectivity index (χ0v) is 11.5. The summed E-state index contributed by atoms with van der Waals surface area (Å²) in [6, 6.07) is 13.8. The van der Waals surface area contributed by atoms with Gasteiger partial charge >= 0.3 is 0 Å². The molecule has 2 N–H and O–H groups in total. The number of hydrogen-bond acceptors (Lipinski definition) is 3. The van der Waals surface area contributed by atoms with Crippen molar-refractivity contribution in [2.45, 2.75) is 0 Å². The van der Waals surface area contributed by atoms with Crippen LogP contribution in [-0.2, 0) is 0 Å². The highest BCUT2D eigenvalue weighted by Crippen LogP contribution is 2.15. The van der Waals surface area contributed by atoms with Crippen LogP contribution in [0.15, 0.2) is 58.1 Å². The van der Waals surface area contributed by atoms with Crippen LogP contribution >= 0.6 is 15.9 Å². The third-order valence-corrected chi connectivity index (χ3v) is 3.12. The van der Waals surface area contributed by atoms with Crippen LogP contribution in [0.5, 0.6) is 5.75 Å². The third kappa shape index (κ3) is 3.42. The van der Waals surface area contributed by atoms with Crippen LogP contribution in [0.4, 0.5) is 0 Å². The Morgan fingerprint density at radius 2 is 1.84 bits per heavy atom. The van der Waals surface area contributed by atoms with Gasteiger partial charge in [0.2, 0.25) is 0 Å². The second-order valence-electron chi connectivity index (χ2n) is 3.74. The standard InChI is InChI=1S/C14H11BrN2O2/c15-12-7-3-2-6-11(12)14(19)17-16-9-10-5-1-4-8-13(10)18/h1-9,18H,(H,17,19)/b16-9-. The highest BCUT2D eigenvalue weighted by atomic mass is 79.9. The number of carbonyl (C=O) groups is 1. The molecule has 0 fully saturated rings. The van der Waals surface area contributed by atoms with E-state index in [4.69, 9.17) is 0 Å². The number of phenolic OH excluding ortho intramolecular Hbond substituents is 1. The number of rotatable bonds is 3. The second-order valence-corrected chi connectivity index (χ2v) is 4.59. The topological polar surface area (TPSA) is 61.7 Å². The molecule has 2 aromatic carbocycles. The van der Waals surface area contributed by atoms with Gasteiger partial charge in [-0.15, -0.1) is 0 Å². The summed E-state index contributed by atoms with van der Waals surface area (Å²) in [7, 11) is 0. The summed E-state index contributed by atoms with van der Waals surface area (Å²) < 4.78 is 0.699. The highest BCUT2D eigenvalue weighted by Gasteiger charge is 2.07. The fourth-order valence-electron chi connectivity index (χ4n) is 1.46. The fraction of sp³-hybridized carbons (Fsp3) is 0. The number of aromatic hydroxyl groups is 1. The summed E-state index contributed by atoms with van der Waals surface area (Å²) >= 11 is 3.29. The van der Waals surface area contributed by atoms with Crippen molar-refractivity contribution in [2.75, 3.05) is 0 Å². The Labute approximate surface area is 118 Å². The van der Waals surface area contributed by atoms with Gasteiger partial charge in [0, 0.05) is 10.0 Å². The molecule has 19 heavy (non-hydrogen) atoms. The highest BCUT2D eigenvalue weighted by molar-refractivity contribution is 9.10. The maximum absolute atomic E-state index is 11.8. The van der Waals surface area contributed by atoms with E-state index in [0.29, 0.717) is 15.6 Å². The molecule has 0 saturated carbocycles. The first kappa shape index (κ1) is 13.3. The number of amides is 1. The molecule has 4 nitrogen and oxygen atoms in total. The molecular weight excluding hydrogens is 308 g/mol. The van der Waals surface area contributed by atoms with Gasteiger partial charge in [-0.2, -0.15) is 5.10 Å². The molecule has 0 spiro atoms. The predicted octanol–water partition coefficient (Wildman–Crippen LogP) is 2.92. The average molecular weight is 319 g/mol. The molecular formula is C14H11BrN2O2. The summed E-state index contributed by atoms with van der Waals surface area (Å²) in [5.41, 5.74) is 3.44. The van der Waals surface area contributed by atoms with Crippen LogP contribution < -0.4 is 5.43 Å². The number of phenols is 1. The lowest BCUT2D eigenvalue weighted by Crippen LogP contribution is -2.18. The van der Waals surface area contributed by atoms with Crippen molar-refractivity contribution in [3.05, 3.63) is 64.1 Å². The number of nitrogens with one attached hydrogen (secondary N) is 1. The first-order chi connectivity index (χ1) is 9.18. The van der Waals surface area contributed by atoms with Crippen molar-refractivity contribution in [3.8, 4) is 5.75 Å². The van der Waals surface area contributed by atoms with Crippen LogP contribution in [0.2, 0.25) is 0 Å². The summed E-state index contributed by atoms with van der Waals surface area (Å²) in [4.78, 5) is 11.8. The second kappa shape index (κ2) is 6.15. The van der Waals surface area contributed by atoms with E-state index >= 15 is 0 Å². The summed E-state index contributed by atoms with van der Waals surface area (Å²) in [5, 5.41) is 13.3. The zero-order chi connectivity index (χ0) is 13.7. The number of hydrogen-bond donors (Lipinski definition) is 2. The molecule has 0 bridgehead atoms. The lowest BCUT2D eigenvalue weighted by atomic mass is 10.2. The molecule has 0 aromatic heterocycles. The Bertz CT molecular complexity index is 626. The minimum Gasteiger partial charge on any atom is -0.507 e. The SMILES string of the molecule is O=C(N/N=C\c1ccccc1O)c1ccccc1Br.